The first kappa shape index (κ1) is 24.6. The Hall–Kier alpha value is -3.13. The summed E-state index contributed by atoms with van der Waals surface area (Å²) in [4.78, 5) is 37.3. The molecule has 2 saturated heterocycles. The second-order valence-electron chi connectivity index (χ2n) is 10.2. The van der Waals surface area contributed by atoms with Crippen molar-refractivity contribution in [1.82, 2.24) is 14.8 Å². The van der Waals surface area contributed by atoms with Crippen LogP contribution in [-0.2, 0) is 20.9 Å². The number of hydrogen-bond acceptors (Lipinski definition) is 6. The van der Waals surface area contributed by atoms with Crippen molar-refractivity contribution in [1.29, 1.82) is 0 Å². The van der Waals surface area contributed by atoms with Crippen molar-refractivity contribution in [2.45, 2.75) is 38.3 Å². The number of carbonyl (C=O) groups excluding carboxylic acids is 2. The van der Waals surface area contributed by atoms with E-state index in [4.69, 9.17) is 9.47 Å². The molecule has 3 heterocycles. The smallest absolute Gasteiger partial charge is 0.242 e. The van der Waals surface area contributed by atoms with Crippen molar-refractivity contribution in [3.63, 3.8) is 0 Å². The SMILES string of the molecule is COc1cccc(CN2C[C@@H](OCC3CC3)CN(C(=O)[C@@H]3CCCN(c4ccccn4)C3)CC2=O)c1. The van der Waals surface area contributed by atoms with E-state index in [1.165, 1.54) is 12.8 Å². The highest BCUT2D eigenvalue weighted by Gasteiger charge is 2.36. The third kappa shape index (κ3) is 6.16. The fraction of sp³-hybridized carbons (Fsp3) is 0.536. The molecule has 1 aromatic carbocycles. The molecule has 3 fully saturated rings. The molecule has 2 atom stereocenters. The molecule has 5 rings (SSSR count). The van der Waals surface area contributed by atoms with E-state index in [1.807, 2.05) is 47.4 Å². The number of carbonyl (C=O) groups is 2. The highest BCUT2D eigenvalue weighted by atomic mass is 16.5. The van der Waals surface area contributed by atoms with Gasteiger partial charge in [-0.3, -0.25) is 9.59 Å². The van der Waals surface area contributed by atoms with Crippen LogP contribution in [0.5, 0.6) is 5.75 Å². The second kappa shape index (κ2) is 11.3. The van der Waals surface area contributed by atoms with Gasteiger partial charge in [-0.2, -0.15) is 0 Å². The molecule has 0 unspecified atom stereocenters. The Bertz CT molecular complexity index is 1040. The van der Waals surface area contributed by atoms with E-state index >= 15 is 0 Å². The van der Waals surface area contributed by atoms with E-state index in [0.29, 0.717) is 38.7 Å². The highest BCUT2D eigenvalue weighted by Crippen LogP contribution is 2.30. The lowest BCUT2D eigenvalue weighted by molar-refractivity contribution is -0.141. The molecule has 1 aliphatic carbocycles. The maximum atomic E-state index is 13.7. The topological polar surface area (TPSA) is 75.2 Å². The Balaban J connectivity index is 1.29. The predicted molar refractivity (Wildman–Crippen MR) is 137 cm³/mol. The molecule has 1 aromatic heterocycles. The Morgan fingerprint density at radius 3 is 2.75 bits per heavy atom. The lowest BCUT2D eigenvalue weighted by Crippen LogP contribution is -2.48. The predicted octanol–water partition coefficient (Wildman–Crippen LogP) is 2.97. The minimum absolute atomic E-state index is 0.0407. The summed E-state index contributed by atoms with van der Waals surface area (Å²) in [6.45, 7) is 3.71. The number of ether oxygens (including phenoxy) is 2. The molecule has 8 heteroatoms. The molecule has 0 N–H and O–H groups in total. The largest absolute Gasteiger partial charge is 0.497 e. The number of aromatic nitrogens is 1. The minimum atomic E-state index is -0.193. The van der Waals surface area contributed by atoms with Gasteiger partial charge in [-0.25, -0.2) is 4.98 Å². The molecule has 0 bridgehead atoms. The van der Waals surface area contributed by atoms with E-state index < -0.39 is 0 Å². The molecule has 2 aliphatic heterocycles. The molecular weight excluding hydrogens is 456 g/mol. The van der Waals surface area contributed by atoms with Crippen LogP contribution in [0.2, 0.25) is 0 Å². The molecular formula is C28H36N4O4. The van der Waals surface area contributed by atoms with Crippen LogP contribution >= 0.6 is 0 Å². The third-order valence-electron chi connectivity index (χ3n) is 7.35. The normalized spacial score (nSPS) is 22.9. The van der Waals surface area contributed by atoms with Gasteiger partial charge in [-0.05, 0) is 61.4 Å². The van der Waals surface area contributed by atoms with Crippen molar-refractivity contribution in [3.8, 4) is 5.75 Å². The third-order valence-corrected chi connectivity index (χ3v) is 7.35. The summed E-state index contributed by atoms with van der Waals surface area (Å²) in [5.41, 5.74) is 1.00. The average Bonchev–Trinajstić information content (AvgIpc) is 3.76. The first-order chi connectivity index (χ1) is 17.6. The quantitative estimate of drug-likeness (QED) is 0.564. The molecule has 36 heavy (non-hydrogen) atoms. The van der Waals surface area contributed by atoms with Crippen molar-refractivity contribution in [2.24, 2.45) is 11.8 Å². The summed E-state index contributed by atoms with van der Waals surface area (Å²) >= 11 is 0. The number of rotatable bonds is 8. The zero-order valence-electron chi connectivity index (χ0n) is 21.1. The van der Waals surface area contributed by atoms with Crippen LogP contribution in [0, 0.1) is 11.8 Å². The fourth-order valence-electron chi connectivity index (χ4n) is 5.14. The van der Waals surface area contributed by atoms with Gasteiger partial charge in [0.15, 0.2) is 0 Å². The van der Waals surface area contributed by atoms with Crippen LogP contribution in [-0.4, -0.2) is 79.1 Å². The lowest BCUT2D eigenvalue weighted by Gasteiger charge is -2.35. The van der Waals surface area contributed by atoms with Crippen molar-refractivity contribution in [2.75, 3.05) is 51.3 Å². The Labute approximate surface area is 213 Å². The van der Waals surface area contributed by atoms with Gasteiger partial charge in [0.05, 0.1) is 25.7 Å². The molecule has 3 aliphatic rings. The second-order valence-corrected chi connectivity index (χ2v) is 10.2. The van der Waals surface area contributed by atoms with E-state index in [-0.39, 0.29) is 30.4 Å². The van der Waals surface area contributed by atoms with Gasteiger partial charge in [-0.1, -0.05) is 18.2 Å². The van der Waals surface area contributed by atoms with E-state index in [1.54, 1.807) is 18.2 Å². The molecule has 2 amide bonds. The van der Waals surface area contributed by atoms with Gasteiger partial charge in [-0.15, -0.1) is 0 Å². The average molecular weight is 493 g/mol. The van der Waals surface area contributed by atoms with Crippen LogP contribution in [0.15, 0.2) is 48.7 Å². The zero-order valence-corrected chi connectivity index (χ0v) is 21.1. The summed E-state index contributed by atoms with van der Waals surface area (Å²) in [5.74, 6) is 2.14. The van der Waals surface area contributed by atoms with Crippen molar-refractivity contribution in [3.05, 3.63) is 54.2 Å². The summed E-state index contributed by atoms with van der Waals surface area (Å²) < 4.78 is 11.6. The molecule has 1 saturated carbocycles. The van der Waals surface area contributed by atoms with Crippen LogP contribution in [0.4, 0.5) is 5.82 Å². The summed E-state index contributed by atoms with van der Waals surface area (Å²) in [6.07, 6.45) is 5.75. The summed E-state index contributed by atoms with van der Waals surface area (Å²) in [6, 6.07) is 13.6. The van der Waals surface area contributed by atoms with Crippen molar-refractivity contribution < 1.29 is 19.1 Å². The number of nitrogens with zero attached hydrogens (tertiary/aromatic N) is 4. The Kier molecular flexibility index (Phi) is 7.70. The maximum absolute atomic E-state index is 13.7. The van der Waals surface area contributed by atoms with E-state index in [0.717, 1.165) is 36.5 Å². The number of pyridine rings is 1. The number of amides is 2. The van der Waals surface area contributed by atoms with Crippen molar-refractivity contribution >= 4 is 17.6 Å². The fourth-order valence-corrected chi connectivity index (χ4v) is 5.14. The first-order valence-corrected chi connectivity index (χ1v) is 13.1. The summed E-state index contributed by atoms with van der Waals surface area (Å²) in [5, 5.41) is 0. The Morgan fingerprint density at radius 1 is 1.08 bits per heavy atom. The molecule has 0 radical (unpaired) electrons. The number of hydrogen-bond donors (Lipinski definition) is 0. The standard InChI is InChI=1S/C28H36N4O4/c1-35-24-8-4-6-22(14-24)15-31-17-25(36-20-21-10-11-21)18-32(19-27(31)33)28(34)23-7-5-13-30(16-23)26-9-2-3-12-29-26/h2-4,6,8-9,12,14,21,23,25H,5,7,10-11,13,15-20H2,1H3/t23-,25-/m1/s1. The molecule has 0 spiro atoms. The van der Waals surface area contributed by atoms with Crippen LogP contribution in [0.3, 0.4) is 0 Å². The molecule has 2 aromatic rings. The summed E-state index contributed by atoms with van der Waals surface area (Å²) in [7, 11) is 1.64. The lowest BCUT2D eigenvalue weighted by atomic mass is 9.96. The molecule has 192 valence electrons. The van der Waals surface area contributed by atoms with Gasteiger partial charge in [0, 0.05) is 45.5 Å². The zero-order chi connectivity index (χ0) is 24.9. The van der Waals surface area contributed by atoms with Gasteiger partial charge < -0.3 is 24.2 Å². The van der Waals surface area contributed by atoms with Gasteiger partial charge in [0.25, 0.3) is 0 Å². The van der Waals surface area contributed by atoms with Gasteiger partial charge in [0.1, 0.15) is 11.6 Å². The van der Waals surface area contributed by atoms with Crippen LogP contribution < -0.4 is 9.64 Å². The maximum Gasteiger partial charge on any atom is 0.242 e. The Morgan fingerprint density at radius 2 is 1.97 bits per heavy atom. The number of anilines is 1. The van der Waals surface area contributed by atoms with Crippen LogP contribution in [0.1, 0.15) is 31.2 Å². The highest BCUT2D eigenvalue weighted by molar-refractivity contribution is 5.87. The first-order valence-electron chi connectivity index (χ1n) is 13.1. The van der Waals surface area contributed by atoms with E-state index in [9.17, 15) is 9.59 Å². The molecule has 8 nitrogen and oxygen atoms in total. The number of methoxy groups -OCH3 is 1. The number of benzene rings is 1. The van der Waals surface area contributed by atoms with Crippen LogP contribution in [0.25, 0.3) is 0 Å². The monoisotopic (exact) mass is 492 g/mol. The minimum Gasteiger partial charge on any atom is -0.497 e. The van der Waals surface area contributed by atoms with Gasteiger partial charge >= 0.3 is 0 Å². The van der Waals surface area contributed by atoms with Gasteiger partial charge in [0.2, 0.25) is 11.8 Å². The van der Waals surface area contributed by atoms with E-state index in [2.05, 4.69) is 9.88 Å². The number of piperidine rings is 1.